The van der Waals surface area contributed by atoms with E-state index in [0.29, 0.717) is 0 Å². The number of hydrogen-bond donors (Lipinski definition) is 0. The summed E-state index contributed by atoms with van der Waals surface area (Å²) < 4.78 is 2.26. The molecule has 0 aliphatic rings. The fraction of sp³-hybridized carbons (Fsp3) is 0.0833. The van der Waals surface area contributed by atoms with Crippen LogP contribution in [0.25, 0.3) is 60.8 Å². The van der Waals surface area contributed by atoms with Crippen molar-refractivity contribution in [3.05, 3.63) is 132 Å². The van der Waals surface area contributed by atoms with Crippen molar-refractivity contribution >= 4 is 32.6 Å². The van der Waals surface area contributed by atoms with Crippen LogP contribution in [-0.4, -0.2) is 9.55 Å². The van der Waals surface area contributed by atoms with Gasteiger partial charge in [0.05, 0.1) is 11.0 Å². The van der Waals surface area contributed by atoms with Crippen molar-refractivity contribution in [2.75, 3.05) is 0 Å². The van der Waals surface area contributed by atoms with E-state index in [1.54, 1.807) is 0 Å². The molecule has 0 amide bonds. The topological polar surface area (TPSA) is 17.8 Å². The van der Waals surface area contributed by atoms with Gasteiger partial charge >= 0.3 is 0 Å². The second kappa shape index (κ2) is 8.71. The van der Waals surface area contributed by atoms with Gasteiger partial charge in [0.25, 0.3) is 0 Å². The van der Waals surface area contributed by atoms with Gasteiger partial charge in [0, 0.05) is 11.3 Å². The van der Waals surface area contributed by atoms with Crippen LogP contribution in [0.2, 0.25) is 0 Å². The van der Waals surface area contributed by atoms with E-state index in [2.05, 4.69) is 141 Å². The van der Waals surface area contributed by atoms with E-state index in [-0.39, 0.29) is 0 Å². The lowest BCUT2D eigenvalue weighted by Gasteiger charge is -2.15. The van der Waals surface area contributed by atoms with Crippen molar-refractivity contribution in [1.29, 1.82) is 0 Å². The van der Waals surface area contributed by atoms with Crippen LogP contribution in [0.3, 0.4) is 0 Å². The van der Waals surface area contributed by atoms with E-state index in [1.165, 1.54) is 49.4 Å². The molecule has 2 nitrogen and oxygen atoms in total. The molecule has 38 heavy (non-hydrogen) atoms. The second-order valence-corrected chi connectivity index (χ2v) is 10.2. The molecule has 0 aliphatic carbocycles. The fourth-order valence-electron chi connectivity index (χ4n) is 5.84. The molecule has 6 aromatic carbocycles. The van der Waals surface area contributed by atoms with Crippen molar-refractivity contribution in [3.8, 4) is 28.2 Å². The van der Waals surface area contributed by atoms with Crippen LogP contribution >= 0.6 is 0 Å². The maximum atomic E-state index is 5.07. The molecule has 0 saturated heterocycles. The quantitative estimate of drug-likeness (QED) is 0.226. The Hall–Kier alpha value is -4.69. The summed E-state index contributed by atoms with van der Waals surface area (Å²) >= 11 is 0. The molecule has 2 heteroatoms. The monoisotopic (exact) mass is 488 g/mol. The number of imidazole rings is 1. The Labute approximate surface area is 222 Å². The second-order valence-electron chi connectivity index (χ2n) is 10.2. The first-order valence-corrected chi connectivity index (χ1v) is 13.2. The van der Waals surface area contributed by atoms with Crippen molar-refractivity contribution in [2.24, 2.45) is 0 Å². The van der Waals surface area contributed by atoms with Crippen LogP contribution < -0.4 is 0 Å². The third-order valence-corrected chi connectivity index (χ3v) is 7.84. The average molecular weight is 489 g/mol. The number of benzene rings is 6. The Morgan fingerprint density at radius 1 is 0.500 bits per heavy atom. The molecule has 0 radical (unpaired) electrons. The summed E-state index contributed by atoms with van der Waals surface area (Å²) in [6.45, 7) is 6.67. The Kier molecular flexibility index (Phi) is 5.16. The van der Waals surface area contributed by atoms with Gasteiger partial charge in [-0.05, 0) is 101 Å². The average Bonchev–Trinajstić information content (AvgIpc) is 3.36. The van der Waals surface area contributed by atoms with Crippen LogP contribution in [0.1, 0.15) is 16.7 Å². The smallest absolute Gasteiger partial charge is 0.145 e. The lowest BCUT2D eigenvalue weighted by Crippen LogP contribution is -1.97. The van der Waals surface area contributed by atoms with Crippen molar-refractivity contribution in [2.45, 2.75) is 20.8 Å². The third kappa shape index (κ3) is 3.53. The Morgan fingerprint density at radius 2 is 1.16 bits per heavy atom. The normalized spacial score (nSPS) is 11.6. The fourth-order valence-corrected chi connectivity index (χ4v) is 5.84. The molecular weight excluding hydrogens is 460 g/mol. The van der Waals surface area contributed by atoms with E-state index in [1.807, 2.05) is 0 Å². The van der Waals surface area contributed by atoms with Gasteiger partial charge in [-0.1, -0.05) is 84.4 Å². The van der Waals surface area contributed by atoms with Crippen LogP contribution in [0.4, 0.5) is 0 Å². The minimum absolute atomic E-state index is 0.952. The van der Waals surface area contributed by atoms with Gasteiger partial charge in [-0.2, -0.15) is 0 Å². The van der Waals surface area contributed by atoms with E-state index in [4.69, 9.17) is 4.98 Å². The first-order valence-electron chi connectivity index (χ1n) is 13.2. The minimum Gasteiger partial charge on any atom is -0.292 e. The summed E-state index contributed by atoms with van der Waals surface area (Å²) in [5.74, 6) is 0.952. The molecule has 7 aromatic rings. The number of para-hydroxylation sites is 3. The van der Waals surface area contributed by atoms with Gasteiger partial charge in [0.1, 0.15) is 5.82 Å². The van der Waals surface area contributed by atoms with Gasteiger partial charge in [0.15, 0.2) is 0 Å². The Bertz CT molecular complexity index is 1990. The SMILES string of the molecule is Cc1ccc2c(C)c3cc(-c4cccc(-c5nc6ccccc6n5-c5ccccc5)c4)ccc3c(C)c2c1. The standard InChI is InChI=1S/C36H28N2/c1-23-16-18-30-25(3)33-22-27(17-19-31(33)24(2)32(30)20-23)26-10-9-11-28(21-26)36-37-34-14-7-8-15-35(34)38(36)29-12-5-4-6-13-29/h4-22H,1-3H3. The van der Waals surface area contributed by atoms with E-state index >= 15 is 0 Å². The van der Waals surface area contributed by atoms with Crippen molar-refractivity contribution in [3.63, 3.8) is 0 Å². The zero-order valence-electron chi connectivity index (χ0n) is 21.9. The van der Waals surface area contributed by atoms with Crippen LogP contribution in [-0.2, 0) is 0 Å². The maximum absolute atomic E-state index is 5.07. The number of aryl methyl sites for hydroxylation is 3. The molecule has 182 valence electrons. The Morgan fingerprint density at radius 3 is 1.97 bits per heavy atom. The zero-order valence-corrected chi connectivity index (χ0v) is 21.9. The van der Waals surface area contributed by atoms with Crippen LogP contribution in [0.5, 0.6) is 0 Å². The number of fused-ring (bicyclic) bond motifs is 3. The van der Waals surface area contributed by atoms with Gasteiger partial charge in [-0.3, -0.25) is 4.57 Å². The maximum Gasteiger partial charge on any atom is 0.145 e. The van der Waals surface area contributed by atoms with Crippen LogP contribution in [0, 0.1) is 20.8 Å². The molecule has 0 atom stereocenters. The molecule has 1 aromatic heterocycles. The lowest BCUT2D eigenvalue weighted by atomic mass is 9.90. The van der Waals surface area contributed by atoms with E-state index in [9.17, 15) is 0 Å². The van der Waals surface area contributed by atoms with E-state index < -0.39 is 0 Å². The molecule has 0 spiro atoms. The first kappa shape index (κ1) is 22.5. The highest BCUT2D eigenvalue weighted by Crippen LogP contribution is 2.36. The van der Waals surface area contributed by atoms with Crippen molar-refractivity contribution < 1.29 is 0 Å². The molecular formula is C36H28N2. The number of aromatic nitrogens is 2. The number of rotatable bonds is 3. The molecule has 0 bridgehead atoms. The van der Waals surface area contributed by atoms with Gasteiger partial charge in [0.2, 0.25) is 0 Å². The predicted molar refractivity (Wildman–Crippen MR) is 161 cm³/mol. The molecule has 7 rings (SSSR count). The van der Waals surface area contributed by atoms with Gasteiger partial charge in [-0.15, -0.1) is 0 Å². The highest BCUT2D eigenvalue weighted by molar-refractivity contribution is 6.06. The Balaban J connectivity index is 1.41. The summed E-state index contributed by atoms with van der Waals surface area (Å²) in [6.07, 6.45) is 0. The zero-order chi connectivity index (χ0) is 25.8. The number of nitrogens with zero attached hydrogens (tertiary/aromatic N) is 2. The summed E-state index contributed by atoms with van der Waals surface area (Å²) in [7, 11) is 0. The summed E-state index contributed by atoms with van der Waals surface area (Å²) in [5.41, 5.74) is 10.7. The highest BCUT2D eigenvalue weighted by Gasteiger charge is 2.15. The summed E-state index contributed by atoms with van der Waals surface area (Å²) in [4.78, 5) is 5.07. The minimum atomic E-state index is 0.952. The highest BCUT2D eigenvalue weighted by atomic mass is 15.1. The summed E-state index contributed by atoms with van der Waals surface area (Å²) in [6, 6.07) is 41.3. The molecule has 0 aliphatic heterocycles. The van der Waals surface area contributed by atoms with E-state index in [0.717, 1.165) is 28.1 Å². The molecule has 0 fully saturated rings. The lowest BCUT2D eigenvalue weighted by molar-refractivity contribution is 1.10. The number of hydrogen-bond acceptors (Lipinski definition) is 1. The summed E-state index contributed by atoms with van der Waals surface area (Å²) in [5, 5.41) is 5.33. The van der Waals surface area contributed by atoms with Gasteiger partial charge < -0.3 is 0 Å². The molecule has 1 heterocycles. The molecule has 0 N–H and O–H groups in total. The van der Waals surface area contributed by atoms with Gasteiger partial charge in [-0.25, -0.2) is 4.98 Å². The largest absolute Gasteiger partial charge is 0.292 e. The first-order chi connectivity index (χ1) is 18.6. The molecule has 0 unspecified atom stereocenters. The third-order valence-electron chi connectivity index (χ3n) is 7.84. The predicted octanol–water partition coefficient (Wildman–Crippen LogP) is 9.59. The molecule has 0 saturated carbocycles. The van der Waals surface area contributed by atoms with Crippen LogP contribution in [0.15, 0.2) is 115 Å². The van der Waals surface area contributed by atoms with Crippen molar-refractivity contribution in [1.82, 2.24) is 9.55 Å².